The summed E-state index contributed by atoms with van der Waals surface area (Å²) in [6.45, 7) is 7.09. The van der Waals surface area contributed by atoms with Crippen molar-refractivity contribution in [1.29, 1.82) is 0 Å². The van der Waals surface area contributed by atoms with Crippen LogP contribution in [-0.2, 0) is 23.1 Å². The maximum absolute atomic E-state index is 11.3. The first-order chi connectivity index (χ1) is 7.93. The van der Waals surface area contributed by atoms with Gasteiger partial charge >= 0.3 is 5.97 Å². The summed E-state index contributed by atoms with van der Waals surface area (Å²) in [4.78, 5) is 13.4. The number of carbonyl (C=O) groups is 1. The van der Waals surface area contributed by atoms with E-state index in [2.05, 4.69) is 23.8 Å². The number of rotatable bonds is 5. The van der Waals surface area contributed by atoms with Crippen molar-refractivity contribution in [3.63, 3.8) is 0 Å². The zero-order valence-electron chi connectivity index (χ0n) is 11.2. The summed E-state index contributed by atoms with van der Waals surface area (Å²) >= 11 is 0. The number of hydrogen-bond donors (Lipinski definition) is 0. The Balaban J connectivity index is 2.73. The smallest absolute Gasteiger partial charge is 0.319 e. The van der Waals surface area contributed by atoms with Crippen LogP contribution in [0, 0.1) is 6.92 Å². The van der Waals surface area contributed by atoms with Gasteiger partial charge in [-0.15, -0.1) is 0 Å². The maximum atomic E-state index is 11.3. The molecule has 1 aromatic heterocycles. The van der Waals surface area contributed by atoms with E-state index < -0.39 is 0 Å². The van der Waals surface area contributed by atoms with E-state index in [0.717, 1.165) is 11.4 Å². The zero-order chi connectivity index (χ0) is 13.0. The summed E-state index contributed by atoms with van der Waals surface area (Å²) in [5.41, 5.74) is 2.09. The Morgan fingerprint density at radius 3 is 2.65 bits per heavy atom. The monoisotopic (exact) mass is 239 g/mol. The Hall–Kier alpha value is -1.36. The van der Waals surface area contributed by atoms with Gasteiger partial charge in [0.1, 0.15) is 0 Å². The second kappa shape index (κ2) is 5.82. The molecule has 1 aromatic rings. The van der Waals surface area contributed by atoms with E-state index in [9.17, 15) is 4.79 Å². The highest BCUT2D eigenvalue weighted by molar-refractivity contribution is 5.71. The molecule has 0 unspecified atom stereocenters. The highest BCUT2D eigenvalue weighted by Gasteiger charge is 2.16. The quantitative estimate of drug-likeness (QED) is 0.722. The van der Waals surface area contributed by atoms with E-state index in [1.54, 1.807) is 0 Å². The van der Waals surface area contributed by atoms with Crippen LogP contribution in [0.15, 0.2) is 6.07 Å². The van der Waals surface area contributed by atoms with Crippen molar-refractivity contribution < 1.29 is 9.53 Å². The molecule has 5 heteroatoms. The summed E-state index contributed by atoms with van der Waals surface area (Å²) in [5.74, 6) is -0.211. The lowest BCUT2D eigenvalue weighted by Gasteiger charge is -2.24. The molecule has 0 fully saturated rings. The van der Waals surface area contributed by atoms with Gasteiger partial charge in [0, 0.05) is 19.6 Å². The van der Waals surface area contributed by atoms with Crippen LogP contribution >= 0.6 is 0 Å². The zero-order valence-corrected chi connectivity index (χ0v) is 11.2. The van der Waals surface area contributed by atoms with Gasteiger partial charge in [0.25, 0.3) is 0 Å². The van der Waals surface area contributed by atoms with Gasteiger partial charge < -0.3 is 4.74 Å². The van der Waals surface area contributed by atoms with E-state index in [-0.39, 0.29) is 12.0 Å². The molecule has 0 aliphatic rings. The van der Waals surface area contributed by atoms with Gasteiger partial charge in [0.15, 0.2) is 0 Å². The molecule has 0 aromatic carbocycles. The number of aryl methyl sites for hydroxylation is 2. The Morgan fingerprint density at radius 1 is 1.59 bits per heavy atom. The first-order valence-electron chi connectivity index (χ1n) is 5.74. The van der Waals surface area contributed by atoms with Crippen molar-refractivity contribution in [2.45, 2.75) is 33.4 Å². The Kier molecular flexibility index (Phi) is 4.69. The third-order valence-electron chi connectivity index (χ3n) is 2.75. The molecule has 1 rings (SSSR count). The minimum absolute atomic E-state index is 0.211. The lowest BCUT2D eigenvalue weighted by atomic mass is 10.2. The molecule has 0 saturated carbocycles. The summed E-state index contributed by atoms with van der Waals surface area (Å²) < 4.78 is 6.55. The van der Waals surface area contributed by atoms with Crippen LogP contribution in [0.4, 0.5) is 0 Å². The predicted octanol–water partition coefficient (Wildman–Crippen LogP) is 1.11. The summed E-state index contributed by atoms with van der Waals surface area (Å²) in [5, 5.41) is 4.30. The lowest BCUT2D eigenvalue weighted by Crippen LogP contribution is -2.36. The minimum Gasteiger partial charge on any atom is -0.468 e. The van der Waals surface area contributed by atoms with E-state index in [4.69, 9.17) is 4.74 Å². The number of carbonyl (C=O) groups excluding carboxylic acids is 1. The molecule has 17 heavy (non-hydrogen) atoms. The number of aromatic nitrogens is 2. The molecule has 0 saturated heterocycles. The van der Waals surface area contributed by atoms with E-state index in [0.29, 0.717) is 13.1 Å². The largest absolute Gasteiger partial charge is 0.468 e. The summed E-state index contributed by atoms with van der Waals surface area (Å²) in [6, 6.07) is 2.32. The van der Waals surface area contributed by atoms with Gasteiger partial charge in [-0.25, -0.2) is 0 Å². The van der Waals surface area contributed by atoms with Crippen molar-refractivity contribution in [3.8, 4) is 0 Å². The molecular formula is C12H21N3O2. The van der Waals surface area contributed by atoms with Crippen LogP contribution in [0.2, 0.25) is 0 Å². The number of methoxy groups -OCH3 is 1. The minimum atomic E-state index is -0.211. The van der Waals surface area contributed by atoms with Gasteiger partial charge in [-0.1, -0.05) is 0 Å². The van der Waals surface area contributed by atoms with Gasteiger partial charge in [0.2, 0.25) is 0 Å². The number of esters is 1. The Labute approximate surface area is 102 Å². The van der Waals surface area contributed by atoms with Crippen LogP contribution in [0.5, 0.6) is 0 Å². The van der Waals surface area contributed by atoms with Gasteiger partial charge in [0.05, 0.1) is 25.0 Å². The molecule has 1 heterocycles. The second-order valence-electron chi connectivity index (χ2n) is 4.48. The van der Waals surface area contributed by atoms with E-state index in [1.165, 1.54) is 7.11 Å². The number of hydrogen-bond acceptors (Lipinski definition) is 4. The van der Waals surface area contributed by atoms with Crippen LogP contribution in [0.25, 0.3) is 0 Å². The van der Waals surface area contributed by atoms with Gasteiger partial charge in [-0.3, -0.25) is 14.4 Å². The molecule has 0 aliphatic heterocycles. The predicted molar refractivity (Wildman–Crippen MR) is 65.5 cm³/mol. The molecule has 0 spiro atoms. The van der Waals surface area contributed by atoms with Crippen molar-refractivity contribution in [1.82, 2.24) is 14.7 Å². The maximum Gasteiger partial charge on any atom is 0.319 e. The van der Waals surface area contributed by atoms with Gasteiger partial charge in [-0.05, 0) is 26.8 Å². The normalized spacial score (nSPS) is 11.2. The highest BCUT2D eigenvalue weighted by Crippen LogP contribution is 2.09. The Bertz CT molecular complexity index is 385. The van der Waals surface area contributed by atoms with Crippen molar-refractivity contribution in [3.05, 3.63) is 17.5 Å². The molecule has 5 nitrogen and oxygen atoms in total. The van der Waals surface area contributed by atoms with E-state index in [1.807, 2.05) is 24.7 Å². The average Bonchev–Trinajstić information content (AvgIpc) is 2.56. The van der Waals surface area contributed by atoms with Gasteiger partial charge in [-0.2, -0.15) is 5.10 Å². The Morgan fingerprint density at radius 2 is 2.24 bits per heavy atom. The standard InChI is InChI=1S/C12H21N3O2/c1-9(2)15(8-12(16)17-5)7-11-6-10(3)13-14(11)4/h6,9H,7-8H2,1-5H3. The molecule has 0 radical (unpaired) electrons. The molecule has 0 atom stereocenters. The second-order valence-corrected chi connectivity index (χ2v) is 4.48. The molecule has 0 amide bonds. The highest BCUT2D eigenvalue weighted by atomic mass is 16.5. The summed E-state index contributed by atoms with van der Waals surface area (Å²) in [6.07, 6.45) is 0. The fourth-order valence-corrected chi connectivity index (χ4v) is 1.67. The molecular weight excluding hydrogens is 218 g/mol. The van der Waals surface area contributed by atoms with Crippen molar-refractivity contribution in [2.75, 3.05) is 13.7 Å². The molecule has 0 aliphatic carbocycles. The van der Waals surface area contributed by atoms with E-state index >= 15 is 0 Å². The molecule has 0 bridgehead atoms. The third-order valence-corrected chi connectivity index (χ3v) is 2.75. The van der Waals surface area contributed by atoms with Crippen molar-refractivity contribution >= 4 is 5.97 Å². The first kappa shape index (κ1) is 13.7. The van der Waals surface area contributed by atoms with Crippen LogP contribution in [-0.4, -0.2) is 40.3 Å². The third kappa shape index (κ3) is 3.85. The molecule has 0 N–H and O–H groups in total. The SMILES string of the molecule is COC(=O)CN(Cc1cc(C)nn1C)C(C)C. The van der Waals surface area contributed by atoms with Crippen LogP contribution in [0.1, 0.15) is 25.2 Å². The topological polar surface area (TPSA) is 47.4 Å². The number of ether oxygens (including phenoxy) is 1. The summed E-state index contributed by atoms with van der Waals surface area (Å²) in [7, 11) is 3.33. The fourth-order valence-electron chi connectivity index (χ4n) is 1.67. The lowest BCUT2D eigenvalue weighted by molar-refractivity contribution is -0.142. The fraction of sp³-hybridized carbons (Fsp3) is 0.667. The number of nitrogens with zero attached hydrogens (tertiary/aromatic N) is 3. The van der Waals surface area contributed by atoms with Crippen LogP contribution in [0.3, 0.4) is 0 Å². The van der Waals surface area contributed by atoms with Crippen LogP contribution < -0.4 is 0 Å². The van der Waals surface area contributed by atoms with Crippen molar-refractivity contribution in [2.24, 2.45) is 7.05 Å². The first-order valence-corrected chi connectivity index (χ1v) is 5.74. The average molecular weight is 239 g/mol. The molecule has 96 valence electrons.